The summed E-state index contributed by atoms with van der Waals surface area (Å²) >= 11 is 0. The summed E-state index contributed by atoms with van der Waals surface area (Å²) in [6.45, 7) is 1.87. The number of amides is 1. The lowest BCUT2D eigenvalue weighted by Gasteiger charge is -1.98. The number of pyridine rings is 1. The van der Waals surface area contributed by atoms with E-state index in [-0.39, 0.29) is 11.7 Å². The second-order valence-corrected chi connectivity index (χ2v) is 6.40. The average molecular weight is 369 g/mol. The fourth-order valence-corrected chi connectivity index (χ4v) is 3.26. The fourth-order valence-electron chi connectivity index (χ4n) is 3.26. The summed E-state index contributed by atoms with van der Waals surface area (Å²) in [5.74, 6) is 0.485. The van der Waals surface area contributed by atoms with E-state index < -0.39 is 5.91 Å². The van der Waals surface area contributed by atoms with Gasteiger partial charge in [-0.25, -0.2) is 0 Å². The summed E-state index contributed by atoms with van der Waals surface area (Å²) in [6.07, 6.45) is 1.66. The number of nitrogens with one attached hydrogen (secondary N) is 2. The van der Waals surface area contributed by atoms with Crippen molar-refractivity contribution in [2.24, 2.45) is 0 Å². The van der Waals surface area contributed by atoms with E-state index in [1.165, 1.54) is 0 Å². The van der Waals surface area contributed by atoms with E-state index in [0.29, 0.717) is 17.1 Å². The van der Waals surface area contributed by atoms with Crippen molar-refractivity contribution in [3.8, 4) is 11.5 Å². The normalized spacial score (nSPS) is 11.2. The Hall–Kier alpha value is -4.00. The second kappa shape index (κ2) is 6.31. The number of furan rings is 1. The lowest BCUT2D eigenvalue weighted by molar-refractivity contribution is 0.0997. The maximum Gasteiger partial charge on any atom is 0.294 e. The number of hydrogen-bond donors (Lipinski definition) is 2. The van der Waals surface area contributed by atoms with E-state index >= 15 is 0 Å². The van der Waals surface area contributed by atoms with Gasteiger partial charge in [-0.15, -0.1) is 5.10 Å². The molecule has 0 bridgehead atoms. The van der Waals surface area contributed by atoms with Crippen molar-refractivity contribution in [1.82, 2.24) is 20.2 Å². The van der Waals surface area contributed by atoms with Gasteiger partial charge in [0.25, 0.3) is 5.91 Å². The Balaban J connectivity index is 1.49. The van der Waals surface area contributed by atoms with Crippen molar-refractivity contribution in [1.29, 1.82) is 0 Å². The minimum absolute atomic E-state index is 0.162. The van der Waals surface area contributed by atoms with Gasteiger partial charge in [-0.2, -0.15) is 4.98 Å². The van der Waals surface area contributed by atoms with E-state index in [4.69, 9.17) is 4.42 Å². The van der Waals surface area contributed by atoms with E-state index in [2.05, 4.69) is 25.5 Å². The molecule has 2 N–H and O–H groups in total. The molecular formula is C21H15N5O2. The zero-order chi connectivity index (χ0) is 19.1. The SMILES string of the molecule is Cc1c(C(=O)Nc2n[nH]c(-c3ccccn3)n2)oc2c1ccc1ccccc12. The molecule has 136 valence electrons. The predicted octanol–water partition coefficient (Wildman–Crippen LogP) is 4.33. The predicted molar refractivity (Wildman–Crippen MR) is 106 cm³/mol. The topological polar surface area (TPSA) is 96.7 Å². The zero-order valence-corrected chi connectivity index (χ0v) is 14.9. The van der Waals surface area contributed by atoms with Gasteiger partial charge in [0, 0.05) is 22.5 Å². The van der Waals surface area contributed by atoms with Crippen LogP contribution < -0.4 is 5.32 Å². The van der Waals surface area contributed by atoms with Gasteiger partial charge in [-0.3, -0.25) is 20.2 Å². The Labute approximate surface area is 159 Å². The fraction of sp³-hybridized carbons (Fsp3) is 0.0476. The van der Waals surface area contributed by atoms with Crippen LogP contribution in [0, 0.1) is 6.92 Å². The van der Waals surface area contributed by atoms with E-state index in [1.807, 2.05) is 55.5 Å². The molecule has 0 spiro atoms. The van der Waals surface area contributed by atoms with Gasteiger partial charge in [0.05, 0.1) is 0 Å². The van der Waals surface area contributed by atoms with Gasteiger partial charge < -0.3 is 4.42 Å². The van der Waals surface area contributed by atoms with Gasteiger partial charge >= 0.3 is 0 Å². The van der Waals surface area contributed by atoms with Gasteiger partial charge in [0.15, 0.2) is 11.6 Å². The third-order valence-corrected chi connectivity index (χ3v) is 4.65. The number of aromatic nitrogens is 4. The summed E-state index contributed by atoms with van der Waals surface area (Å²) in [4.78, 5) is 21.3. The highest BCUT2D eigenvalue weighted by Crippen LogP contribution is 2.32. The van der Waals surface area contributed by atoms with Crippen molar-refractivity contribution in [2.75, 3.05) is 5.32 Å². The maximum absolute atomic E-state index is 12.8. The molecule has 28 heavy (non-hydrogen) atoms. The summed E-state index contributed by atoms with van der Waals surface area (Å²) in [7, 11) is 0. The minimum Gasteiger partial charge on any atom is -0.450 e. The highest BCUT2D eigenvalue weighted by Gasteiger charge is 2.20. The number of rotatable bonds is 3. The first-order valence-electron chi connectivity index (χ1n) is 8.77. The molecule has 2 aromatic carbocycles. The molecule has 7 heteroatoms. The smallest absolute Gasteiger partial charge is 0.294 e. The molecule has 0 saturated heterocycles. The molecule has 0 aliphatic heterocycles. The Morgan fingerprint density at radius 2 is 1.89 bits per heavy atom. The first-order chi connectivity index (χ1) is 13.7. The molecule has 5 aromatic rings. The second-order valence-electron chi connectivity index (χ2n) is 6.40. The van der Waals surface area contributed by atoms with E-state index in [9.17, 15) is 4.79 Å². The molecule has 0 aliphatic rings. The Morgan fingerprint density at radius 1 is 1.04 bits per heavy atom. The van der Waals surface area contributed by atoms with E-state index in [1.54, 1.807) is 12.3 Å². The quantitative estimate of drug-likeness (QED) is 0.493. The molecule has 0 aliphatic carbocycles. The van der Waals surface area contributed by atoms with Crippen LogP contribution in [0.15, 0.2) is 65.2 Å². The molecule has 0 unspecified atom stereocenters. The summed E-state index contributed by atoms with van der Waals surface area (Å²) < 4.78 is 5.95. The zero-order valence-electron chi connectivity index (χ0n) is 14.9. The first-order valence-corrected chi connectivity index (χ1v) is 8.77. The number of hydrogen-bond acceptors (Lipinski definition) is 5. The van der Waals surface area contributed by atoms with Gasteiger partial charge in [-0.05, 0) is 24.4 Å². The molecule has 3 heterocycles. The first kappa shape index (κ1) is 16.2. The Kier molecular flexibility index (Phi) is 3.65. The molecule has 1 amide bonds. The number of benzene rings is 2. The number of nitrogens with zero attached hydrogens (tertiary/aromatic N) is 3. The number of carbonyl (C=O) groups is 1. The van der Waals surface area contributed by atoms with Crippen molar-refractivity contribution < 1.29 is 9.21 Å². The number of aryl methyl sites for hydroxylation is 1. The molecule has 0 radical (unpaired) electrons. The summed E-state index contributed by atoms with van der Waals surface area (Å²) in [6, 6.07) is 17.4. The molecular weight excluding hydrogens is 354 g/mol. The number of aromatic amines is 1. The van der Waals surface area contributed by atoms with Crippen molar-refractivity contribution in [3.05, 3.63) is 72.1 Å². The van der Waals surface area contributed by atoms with Crippen LogP contribution in [0.5, 0.6) is 0 Å². The summed E-state index contributed by atoms with van der Waals surface area (Å²) in [5.41, 5.74) is 2.12. The number of H-pyrrole nitrogens is 1. The highest BCUT2D eigenvalue weighted by molar-refractivity contribution is 6.11. The highest BCUT2D eigenvalue weighted by atomic mass is 16.3. The lowest BCUT2D eigenvalue weighted by atomic mass is 10.1. The third kappa shape index (κ3) is 2.61. The van der Waals surface area contributed by atoms with Gasteiger partial charge in [0.2, 0.25) is 5.95 Å². The van der Waals surface area contributed by atoms with Crippen LogP contribution in [0.3, 0.4) is 0 Å². The van der Waals surface area contributed by atoms with Crippen LogP contribution in [0.4, 0.5) is 5.95 Å². The molecule has 0 fully saturated rings. The van der Waals surface area contributed by atoms with Crippen LogP contribution in [0.2, 0.25) is 0 Å². The molecule has 0 atom stereocenters. The monoisotopic (exact) mass is 369 g/mol. The van der Waals surface area contributed by atoms with Crippen molar-refractivity contribution in [3.63, 3.8) is 0 Å². The standard InChI is InChI=1S/C21H15N5O2/c1-12-14-10-9-13-6-2-3-7-15(13)18(14)28-17(12)20(27)24-21-23-19(25-26-21)16-8-4-5-11-22-16/h2-11H,1H3,(H2,23,24,25,26,27). The minimum atomic E-state index is -0.399. The maximum atomic E-state index is 12.8. The van der Waals surface area contributed by atoms with Crippen LogP contribution in [-0.4, -0.2) is 26.1 Å². The molecule has 7 nitrogen and oxygen atoms in total. The van der Waals surface area contributed by atoms with Gasteiger partial charge in [-0.1, -0.05) is 42.5 Å². The largest absolute Gasteiger partial charge is 0.450 e. The number of anilines is 1. The van der Waals surface area contributed by atoms with Crippen molar-refractivity contribution in [2.45, 2.75) is 6.92 Å². The van der Waals surface area contributed by atoms with Crippen LogP contribution in [0.25, 0.3) is 33.3 Å². The number of fused-ring (bicyclic) bond motifs is 3. The van der Waals surface area contributed by atoms with E-state index in [0.717, 1.165) is 21.7 Å². The van der Waals surface area contributed by atoms with Crippen LogP contribution >= 0.6 is 0 Å². The lowest BCUT2D eigenvalue weighted by Crippen LogP contribution is -2.13. The third-order valence-electron chi connectivity index (χ3n) is 4.65. The van der Waals surface area contributed by atoms with Crippen LogP contribution in [0.1, 0.15) is 16.1 Å². The van der Waals surface area contributed by atoms with Gasteiger partial charge in [0.1, 0.15) is 11.3 Å². The Bertz CT molecular complexity index is 1320. The average Bonchev–Trinajstić information content (AvgIpc) is 3.33. The van der Waals surface area contributed by atoms with Crippen molar-refractivity contribution >= 4 is 33.6 Å². The summed E-state index contributed by atoms with van der Waals surface area (Å²) in [5, 5.41) is 12.4. The number of carbonyl (C=O) groups excluding carboxylic acids is 1. The Morgan fingerprint density at radius 3 is 2.75 bits per heavy atom. The molecule has 3 aromatic heterocycles. The molecule has 0 saturated carbocycles. The van der Waals surface area contributed by atoms with Crippen LogP contribution in [-0.2, 0) is 0 Å². The molecule has 5 rings (SSSR count).